The van der Waals surface area contributed by atoms with Crippen LogP contribution in [0, 0.1) is 13.8 Å². The summed E-state index contributed by atoms with van der Waals surface area (Å²) in [5, 5.41) is 9.44. The normalized spacial score (nSPS) is 12.2. The first-order valence-electron chi connectivity index (χ1n) is 6.10. The molecular weight excluding hydrogens is 224 g/mol. The third-order valence-corrected chi connectivity index (χ3v) is 3.15. The van der Waals surface area contributed by atoms with Gasteiger partial charge in [-0.2, -0.15) is 0 Å². The first kappa shape index (κ1) is 12.7. The van der Waals surface area contributed by atoms with Crippen molar-refractivity contribution in [3.05, 3.63) is 59.2 Å². The molecule has 2 heteroatoms. The van der Waals surface area contributed by atoms with Crippen molar-refractivity contribution in [3.63, 3.8) is 0 Å². The summed E-state index contributed by atoms with van der Waals surface area (Å²) in [4.78, 5) is 0. The van der Waals surface area contributed by atoms with Gasteiger partial charge in [-0.3, -0.25) is 0 Å². The molecule has 0 saturated carbocycles. The monoisotopic (exact) mass is 242 g/mol. The number of ether oxygens (including phenoxy) is 1. The quantitative estimate of drug-likeness (QED) is 0.876. The Labute approximate surface area is 108 Å². The highest BCUT2D eigenvalue weighted by molar-refractivity contribution is 5.41. The first-order valence-corrected chi connectivity index (χ1v) is 6.10. The zero-order chi connectivity index (χ0) is 13.1. The number of benzene rings is 2. The number of hydrogen-bond acceptors (Lipinski definition) is 2. The van der Waals surface area contributed by atoms with Gasteiger partial charge in [0.05, 0.1) is 6.10 Å². The van der Waals surface area contributed by atoms with E-state index in [1.165, 1.54) is 5.56 Å². The molecule has 0 amide bonds. The number of rotatable bonds is 3. The number of aliphatic hydroxyl groups excluding tert-OH is 1. The van der Waals surface area contributed by atoms with Crippen molar-refractivity contribution in [2.24, 2.45) is 0 Å². The first-order chi connectivity index (χ1) is 8.58. The smallest absolute Gasteiger partial charge is 0.130 e. The van der Waals surface area contributed by atoms with Crippen LogP contribution < -0.4 is 4.74 Å². The second-order valence-corrected chi connectivity index (χ2v) is 4.55. The van der Waals surface area contributed by atoms with E-state index < -0.39 is 6.10 Å². The Kier molecular flexibility index (Phi) is 3.68. The van der Waals surface area contributed by atoms with E-state index in [4.69, 9.17) is 4.74 Å². The molecule has 0 aliphatic rings. The molecule has 0 bridgehead atoms. The molecule has 0 heterocycles. The predicted octanol–water partition coefficient (Wildman–Crippen LogP) is 4.15. The van der Waals surface area contributed by atoms with Crippen LogP contribution >= 0.6 is 0 Å². The largest absolute Gasteiger partial charge is 0.457 e. The Morgan fingerprint density at radius 2 is 1.67 bits per heavy atom. The predicted molar refractivity (Wildman–Crippen MR) is 73.1 cm³/mol. The van der Waals surface area contributed by atoms with Crippen molar-refractivity contribution in [1.29, 1.82) is 0 Å². The molecular formula is C16H18O2. The summed E-state index contributed by atoms with van der Waals surface area (Å²) in [6.45, 7) is 5.87. The van der Waals surface area contributed by atoms with Gasteiger partial charge in [0.25, 0.3) is 0 Å². The van der Waals surface area contributed by atoms with Gasteiger partial charge in [-0.15, -0.1) is 0 Å². The SMILES string of the molecule is Cc1cccc(Oc2ccc([C@H](C)O)cc2)c1C. The van der Waals surface area contributed by atoms with Crippen LogP contribution in [0.1, 0.15) is 29.7 Å². The van der Waals surface area contributed by atoms with Gasteiger partial charge in [-0.05, 0) is 55.7 Å². The molecule has 2 aromatic carbocycles. The Morgan fingerprint density at radius 1 is 1.00 bits per heavy atom. The van der Waals surface area contributed by atoms with E-state index >= 15 is 0 Å². The fraction of sp³-hybridized carbons (Fsp3) is 0.250. The van der Waals surface area contributed by atoms with Crippen molar-refractivity contribution in [3.8, 4) is 11.5 Å². The average molecular weight is 242 g/mol. The van der Waals surface area contributed by atoms with Gasteiger partial charge in [0, 0.05) is 0 Å². The van der Waals surface area contributed by atoms with E-state index in [2.05, 4.69) is 19.9 Å². The zero-order valence-corrected chi connectivity index (χ0v) is 11.0. The molecule has 0 saturated heterocycles. The van der Waals surface area contributed by atoms with Crippen molar-refractivity contribution in [1.82, 2.24) is 0 Å². The Bertz CT molecular complexity index is 527. The zero-order valence-electron chi connectivity index (χ0n) is 11.0. The molecule has 2 rings (SSSR count). The van der Waals surface area contributed by atoms with Crippen LogP contribution in [0.15, 0.2) is 42.5 Å². The molecule has 94 valence electrons. The van der Waals surface area contributed by atoms with Gasteiger partial charge in [-0.25, -0.2) is 0 Å². The van der Waals surface area contributed by atoms with Crippen LogP contribution in [0.3, 0.4) is 0 Å². The van der Waals surface area contributed by atoms with Gasteiger partial charge >= 0.3 is 0 Å². The summed E-state index contributed by atoms with van der Waals surface area (Å²) < 4.78 is 5.84. The number of hydrogen-bond donors (Lipinski definition) is 1. The minimum atomic E-state index is -0.445. The summed E-state index contributed by atoms with van der Waals surface area (Å²) in [7, 11) is 0. The van der Waals surface area contributed by atoms with Gasteiger partial charge in [0.2, 0.25) is 0 Å². The van der Waals surface area contributed by atoms with Crippen LogP contribution in [-0.4, -0.2) is 5.11 Å². The molecule has 2 aromatic rings. The molecule has 18 heavy (non-hydrogen) atoms. The van der Waals surface area contributed by atoms with E-state index in [-0.39, 0.29) is 0 Å². The third-order valence-electron chi connectivity index (χ3n) is 3.15. The summed E-state index contributed by atoms with van der Waals surface area (Å²) >= 11 is 0. The summed E-state index contributed by atoms with van der Waals surface area (Å²) in [5.41, 5.74) is 3.26. The van der Waals surface area contributed by atoms with Gasteiger partial charge in [0.1, 0.15) is 11.5 Å². The second-order valence-electron chi connectivity index (χ2n) is 4.55. The molecule has 0 aliphatic heterocycles. The summed E-state index contributed by atoms with van der Waals surface area (Å²) in [6.07, 6.45) is -0.445. The van der Waals surface area contributed by atoms with Gasteiger partial charge in [0.15, 0.2) is 0 Å². The van der Waals surface area contributed by atoms with Crippen LogP contribution in [0.2, 0.25) is 0 Å². The van der Waals surface area contributed by atoms with Crippen LogP contribution in [0.25, 0.3) is 0 Å². The summed E-state index contributed by atoms with van der Waals surface area (Å²) in [6, 6.07) is 13.5. The highest BCUT2D eigenvalue weighted by Gasteiger charge is 2.04. The lowest BCUT2D eigenvalue weighted by molar-refractivity contribution is 0.199. The van der Waals surface area contributed by atoms with Crippen molar-refractivity contribution in [2.45, 2.75) is 26.9 Å². The minimum absolute atomic E-state index is 0.445. The van der Waals surface area contributed by atoms with E-state index in [9.17, 15) is 5.11 Å². The molecule has 0 unspecified atom stereocenters. The fourth-order valence-corrected chi connectivity index (χ4v) is 1.78. The molecule has 0 spiro atoms. The standard InChI is InChI=1S/C16H18O2/c1-11-5-4-6-16(12(11)2)18-15-9-7-14(8-10-15)13(3)17/h4-10,13,17H,1-3H3/t13-/m0/s1. The van der Waals surface area contributed by atoms with Crippen LogP contribution in [-0.2, 0) is 0 Å². The van der Waals surface area contributed by atoms with E-state index in [0.717, 1.165) is 22.6 Å². The summed E-state index contributed by atoms with van der Waals surface area (Å²) in [5.74, 6) is 1.66. The Morgan fingerprint density at radius 3 is 2.28 bits per heavy atom. The van der Waals surface area contributed by atoms with Crippen molar-refractivity contribution >= 4 is 0 Å². The van der Waals surface area contributed by atoms with E-state index in [0.29, 0.717) is 0 Å². The number of aryl methyl sites for hydroxylation is 1. The maximum absolute atomic E-state index is 9.44. The average Bonchev–Trinajstić information content (AvgIpc) is 2.36. The lowest BCUT2D eigenvalue weighted by atomic mass is 10.1. The van der Waals surface area contributed by atoms with Crippen LogP contribution in [0.4, 0.5) is 0 Å². The minimum Gasteiger partial charge on any atom is -0.457 e. The molecule has 0 radical (unpaired) electrons. The van der Waals surface area contributed by atoms with Crippen LogP contribution in [0.5, 0.6) is 11.5 Å². The molecule has 1 N–H and O–H groups in total. The molecule has 2 nitrogen and oxygen atoms in total. The maximum atomic E-state index is 9.44. The number of aliphatic hydroxyl groups is 1. The Hall–Kier alpha value is -1.80. The van der Waals surface area contributed by atoms with Gasteiger partial charge in [-0.1, -0.05) is 24.3 Å². The molecule has 0 aliphatic carbocycles. The maximum Gasteiger partial charge on any atom is 0.130 e. The van der Waals surface area contributed by atoms with Crippen molar-refractivity contribution in [2.75, 3.05) is 0 Å². The third kappa shape index (κ3) is 2.71. The van der Waals surface area contributed by atoms with E-state index in [1.54, 1.807) is 6.92 Å². The Balaban J connectivity index is 2.21. The molecule has 0 aromatic heterocycles. The fourth-order valence-electron chi connectivity index (χ4n) is 1.78. The highest BCUT2D eigenvalue weighted by Crippen LogP contribution is 2.27. The van der Waals surface area contributed by atoms with Gasteiger partial charge < -0.3 is 9.84 Å². The lowest BCUT2D eigenvalue weighted by Gasteiger charge is -2.11. The van der Waals surface area contributed by atoms with Crippen molar-refractivity contribution < 1.29 is 9.84 Å². The highest BCUT2D eigenvalue weighted by atomic mass is 16.5. The molecule has 0 fully saturated rings. The second kappa shape index (κ2) is 5.23. The lowest BCUT2D eigenvalue weighted by Crippen LogP contribution is -1.92. The van der Waals surface area contributed by atoms with E-state index in [1.807, 2.05) is 36.4 Å². The topological polar surface area (TPSA) is 29.5 Å². The molecule has 1 atom stereocenters.